The predicted octanol–water partition coefficient (Wildman–Crippen LogP) is 5.51. The summed E-state index contributed by atoms with van der Waals surface area (Å²) in [4.78, 5) is 14.1. The van der Waals surface area contributed by atoms with E-state index in [1.807, 2.05) is 74.5 Å². The van der Waals surface area contributed by atoms with Gasteiger partial charge < -0.3 is 4.74 Å². The standard InChI is InChI=1S/C20H18O2S2/c1-20(2,14-9-4-3-5-10-14)22-19(21)17-15-11-7-6-8-13(15)12-16(23)18(17)24/h3-12,23-24H,1-2H3. The number of benzene rings is 3. The van der Waals surface area contributed by atoms with Crippen molar-refractivity contribution in [3.63, 3.8) is 0 Å². The molecule has 4 heteroatoms. The SMILES string of the molecule is CC(C)(OC(=O)c1c(S)c(S)cc2ccccc12)c1ccccc1. The summed E-state index contributed by atoms with van der Waals surface area (Å²) in [5.74, 6) is -0.402. The van der Waals surface area contributed by atoms with E-state index in [9.17, 15) is 4.79 Å². The van der Waals surface area contributed by atoms with Crippen LogP contribution in [0.25, 0.3) is 10.8 Å². The summed E-state index contributed by atoms with van der Waals surface area (Å²) in [5, 5.41) is 1.75. The van der Waals surface area contributed by atoms with E-state index in [0.29, 0.717) is 15.4 Å². The zero-order valence-corrected chi connectivity index (χ0v) is 15.3. The van der Waals surface area contributed by atoms with Gasteiger partial charge in [-0.15, -0.1) is 25.3 Å². The van der Waals surface area contributed by atoms with Crippen LogP contribution in [0.4, 0.5) is 0 Å². The maximum Gasteiger partial charge on any atom is 0.340 e. The Labute approximate surface area is 152 Å². The van der Waals surface area contributed by atoms with Gasteiger partial charge in [-0.2, -0.15) is 0 Å². The molecule has 0 aliphatic rings. The number of hydrogen-bond acceptors (Lipinski definition) is 4. The Kier molecular flexibility index (Phi) is 4.61. The predicted molar refractivity (Wildman–Crippen MR) is 103 cm³/mol. The van der Waals surface area contributed by atoms with Crippen molar-refractivity contribution in [1.82, 2.24) is 0 Å². The highest BCUT2D eigenvalue weighted by molar-refractivity contribution is 7.83. The molecule has 0 N–H and O–H groups in total. The summed E-state index contributed by atoms with van der Waals surface area (Å²) in [6.07, 6.45) is 0. The van der Waals surface area contributed by atoms with E-state index < -0.39 is 11.6 Å². The molecular formula is C20H18O2S2. The molecule has 0 amide bonds. The van der Waals surface area contributed by atoms with Gasteiger partial charge in [-0.3, -0.25) is 0 Å². The summed E-state index contributed by atoms with van der Waals surface area (Å²) >= 11 is 8.92. The molecule has 24 heavy (non-hydrogen) atoms. The quantitative estimate of drug-likeness (QED) is 0.479. The van der Waals surface area contributed by atoms with Crippen molar-refractivity contribution >= 4 is 42.0 Å². The number of ether oxygens (including phenoxy) is 1. The van der Waals surface area contributed by atoms with Gasteiger partial charge in [0, 0.05) is 9.79 Å². The van der Waals surface area contributed by atoms with Crippen LogP contribution in [0.3, 0.4) is 0 Å². The highest BCUT2D eigenvalue weighted by atomic mass is 32.1. The van der Waals surface area contributed by atoms with Gasteiger partial charge in [0.1, 0.15) is 5.60 Å². The van der Waals surface area contributed by atoms with Crippen molar-refractivity contribution < 1.29 is 9.53 Å². The molecule has 0 bridgehead atoms. The van der Waals surface area contributed by atoms with Gasteiger partial charge in [0.25, 0.3) is 0 Å². The number of fused-ring (bicyclic) bond motifs is 1. The lowest BCUT2D eigenvalue weighted by atomic mass is 9.97. The van der Waals surface area contributed by atoms with Crippen molar-refractivity contribution in [2.75, 3.05) is 0 Å². The fraction of sp³-hybridized carbons (Fsp3) is 0.150. The molecule has 0 spiro atoms. The minimum Gasteiger partial charge on any atom is -0.451 e. The highest BCUT2D eigenvalue weighted by Crippen LogP contribution is 2.34. The minimum atomic E-state index is -0.744. The first-order chi connectivity index (χ1) is 11.4. The molecule has 0 aliphatic carbocycles. The molecule has 2 nitrogen and oxygen atoms in total. The third kappa shape index (κ3) is 3.17. The van der Waals surface area contributed by atoms with Crippen LogP contribution >= 0.6 is 25.3 Å². The Balaban J connectivity index is 2.05. The average molecular weight is 354 g/mol. The number of carbonyl (C=O) groups excluding carboxylic acids is 1. The lowest BCUT2D eigenvalue weighted by Crippen LogP contribution is -2.26. The second-order valence-electron chi connectivity index (χ2n) is 6.11. The van der Waals surface area contributed by atoms with Crippen LogP contribution in [-0.4, -0.2) is 5.97 Å². The lowest BCUT2D eigenvalue weighted by Gasteiger charge is -2.26. The largest absolute Gasteiger partial charge is 0.451 e. The Hall–Kier alpha value is -1.91. The van der Waals surface area contributed by atoms with Gasteiger partial charge >= 0.3 is 5.97 Å². The zero-order chi connectivity index (χ0) is 17.3. The number of thiol groups is 2. The molecule has 0 heterocycles. The second-order valence-corrected chi connectivity index (χ2v) is 7.04. The molecule has 0 radical (unpaired) electrons. The van der Waals surface area contributed by atoms with Crippen molar-refractivity contribution in [3.8, 4) is 0 Å². The van der Waals surface area contributed by atoms with E-state index in [0.717, 1.165) is 16.3 Å². The first-order valence-corrected chi connectivity index (χ1v) is 8.52. The van der Waals surface area contributed by atoms with E-state index in [2.05, 4.69) is 25.3 Å². The van der Waals surface area contributed by atoms with Crippen LogP contribution in [0.2, 0.25) is 0 Å². The molecule has 3 aromatic carbocycles. The van der Waals surface area contributed by atoms with E-state index >= 15 is 0 Å². The first kappa shape index (κ1) is 16.9. The second kappa shape index (κ2) is 6.54. The molecular weight excluding hydrogens is 336 g/mol. The monoisotopic (exact) mass is 354 g/mol. The fourth-order valence-electron chi connectivity index (χ4n) is 2.71. The summed E-state index contributed by atoms with van der Waals surface area (Å²) in [7, 11) is 0. The third-order valence-electron chi connectivity index (χ3n) is 4.02. The van der Waals surface area contributed by atoms with E-state index in [4.69, 9.17) is 4.74 Å². The summed E-state index contributed by atoms with van der Waals surface area (Å²) in [5.41, 5.74) is 0.641. The normalized spacial score (nSPS) is 11.5. The Bertz CT molecular complexity index is 902. The Morgan fingerprint density at radius 1 is 0.958 bits per heavy atom. The minimum absolute atomic E-state index is 0.402. The van der Waals surface area contributed by atoms with Crippen LogP contribution < -0.4 is 0 Å². The Morgan fingerprint density at radius 2 is 1.58 bits per heavy atom. The molecule has 0 saturated heterocycles. The van der Waals surface area contributed by atoms with Crippen molar-refractivity contribution in [2.24, 2.45) is 0 Å². The average Bonchev–Trinajstić information content (AvgIpc) is 2.56. The van der Waals surface area contributed by atoms with E-state index in [1.54, 1.807) is 0 Å². The van der Waals surface area contributed by atoms with Crippen LogP contribution in [0.15, 0.2) is 70.5 Å². The summed E-state index contributed by atoms with van der Waals surface area (Å²) in [6, 6.07) is 19.3. The maximum absolute atomic E-state index is 12.9. The molecule has 3 rings (SSSR count). The molecule has 0 unspecified atom stereocenters. The zero-order valence-electron chi connectivity index (χ0n) is 13.5. The van der Waals surface area contributed by atoms with E-state index in [-0.39, 0.29) is 0 Å². The van der Waals surface area contributed by atoms with Gasteiger partial charge in [-0.25, -0.2) is 4.79 Å². The summed E-state index contributed by atoms with van der Waals surface area (Å²) < 4.78 is 5.83. The van der Waals surface area contributed by atoms with Gasteiger partial charge in [-0.05, 0) is 36.2 Å². The molecule has 0 atom stereocenters. The van der Waals surface area contributed by atoms with Gasteiger partial charge in [0.15, 0.2) is 0 Å². The topological polar surface area (TPSA) is 26.3 Å². The summed E-state index contributed by atoms with van der Waals surface area (Å²) in [6.45, 7) is 3.76. The van der Waals surface area contributed by atoms with Crippen LogP contribution in [0, 0.1) is 0 Å². The molecule has 0 saturated carbocycles. The highest BCUT2D eigenvalue weighted by Gasteiger charge is 2.28. The van der Waals surface area contributed by atoms with Gasteiger partial charge in [0.2, 0.25) is 0 Å². The van der Waals surface area contributed by atoms with Crippen LogP contribution in [0.1, 0.15) is 29.8 Å². The molecule has 122 valence electrons. The van der Waals surface area contributed by atoms with Crippen LogP contribution in [0.5, 0.6) is 0 Å². The van der Waals surface area contributed by atoms with Gasteiger partial charge in [-0.1, -0.05) is 54.6 Å². The third-order valence-corrected chi connectivity index (χ3v) is 5.02. The Morgan fingerprint density at radius 3 is 2.29 bits per heavy atom. The lowest BCUT2D eigenvalue weighted by molar-refractivity contribution is -0.00331. The smallest absolute Gasteiger partial charge is 0.340 e. The number of hydrogen-bond donors (Lipinski definition) is 2. The molecule has 0 aliphatic heterocycles. The fourth-order valence-corrected chi connectivity index (χ4v) is 3.24. The number of esters is 1. The first-order valence-electron chi connectivity index (χ1n) is 7.62. The number of carbonyl (C=O) groups is 1. The van der Waals surface area contributed by atoms with Crippen molar-refractivity contribution in [1.29, 1.82) is 0 Å². The molecule has 0 fully saturated rings. The van der Waals surface area contributed by atoms with Crippen molar-refractivity contribution in [2.45, 2.75) is 29.2 Å². The van der Waals surface area contributed by atoms with Crippen molar-refractivity contribution in [3.05, 3.63) is 71.8 Å². The van der Waals surface area contributed by atoms with Gasteiger partial charge in [0.05, 0.1) is 5.56 Å². The van der Waals surface area contributed by atoms with Crippen LogP contribution in [-0.2, 0) is 10.3 Å². The maximum atomic E-state index is 12.9. The van der Waals surface area contributed by atoms with E-state index in [1.165, 1.54) is 0 Å². The molecule has 0 aromatic heterocycles. The molecule has 3 aromatic rings. The number of rotatable bonds is 3.